The molecule has 6 heteroatoms. The largest absolute Gasteiger partial charge is 0.493 e. The average molecular weight is 306 g/mol. The number of benzene rings is 1. The Kier molecular flexibility index (Phi) is 3.78. The molecule has 1 aromatic carbocycles. The first-order valence-corrected chi connectivity index (χ1v) is 7.30. The van der Waals surface area contributed by atoms with Crippen LogP contribution in [0.4, 0.5) is 4.39 Å². The van der Waals surface area contributed by atoms with Gasteiger partial charge >= 0.3 is 0 Å². The first-order valence-electron chi connectivity index (χ1n) is 7.30. The maximum Gasteiger partial charge on any atom is 0.259 e. The molecule has 0 spiro atoms. The normalized spacial score (nSPS) is 22.7. The van der Waals surface area contributed by atoms with E-state index >= 15 is 0 Å². The lowest BCUT2D eigenvalue weighted by atomic mass is 10.0. The maximum absolute atomic E-state index is 14.4. The fourth-order valence-electron chi connectivity index (χ4n) is 2.68. The van der Waals surface area contributed by atoms with Gasteiger partial charge in [-0.15, -0.1) is 0 Å². The zero-order valence-electron chi connectivity index (χ0n) is 12.6. The number of carbonyl (C=O) groups is 1. The molecule has 2 heterocycles. The molecular weight excluding hydrogens is 287 g/mol. The van der Waals surface area contributed by atoms with Crippen molar-refractivity contribution in [3.63, 3.8) is 0 Å². The summed E-state index contributed by atoms with van der Waals surface area (Å²) in [4.78, 5) is 12.1. The summed E-state index contributed by atoms with van der Waals surface area (Å²) in [5.74, 6) is 0.601. The topological polar surface area (TPSA) is 63.5 Å². The lowest BCUT2D eigenvalue weighted by Crippen LogP contribution is -2.45. The number of hydrogen-bond acceptors (Lipinski definition) is 4. The molecule has 1 aliphatic heterocycles. The zero-order valence-corrected chi connectivity index (χ0v) is 12.6. The third kappa shape index (κ3) is 2.54. The summed E-state index contributed by atoms with van der Waals surface area (Å²) in [6.45, 7) is 2.34. The number of para-hydroxylation sites is 1. The van der Waals surface area contributed by atoms with E-state index in [0.717, 1.165) is 5.39 Å². The molecule has 1 saturated heterocycles. The summed E-state index contributed by atoms with van der Waals surface area (Å²) >= 11 is 0. The number of nitrogens with one attached hydrogen (secondary N) is 2. The monoisotopic (exact) mass is 306 g/mol. The molecule has 0 bridgehead atoms. The SMILES string of the molecule is COc1cccc2cc([C@H](C)NC(=O)[C@]3(F)CCNC3)oc12. The molecule has 1 amide bonds. The highest BCUT2D eigenvalue weighted by molar-refractivity contribution is 5.87. The number of ether oxygens (including phenoxy) is 1. The number of carbonyl (C=O) groups excluding carboxylic acids is 1. The Labute approximate surface area is 127 Å². The molecule has 1 aromatic heterocycles. The van der Waals surface area contributed by atoms with Crippen molar-refractivity contribution in [3.05, 3.63) is 30.0 Å². The van der Waals surface area contributed by atoms with Crippen molar-refractivity contribution >= 4 is 16.9 Å². The molecule has 5 nitrogen and oxygen atoms in total. The summed E-state index contributed by atoms with van der Waals surface area (Å²) in [7, 11) is 1.57. The first-order chi connectivity index (χ1) is 10.5. The molecule has 1 fully saturated rings. The van der Waals surface area contributed by atoms with Gasteiger partial charge in [-0.05, 0) is 25.6 Å². The second-order valence-corrected chi connectivity index (χ2v) is 5.61. The fourth-order valence-corrected chi connectivity index (χ4v) is 2.68. The third-order valence-corrected chi connectivity index (χ3v) is 4.03. The van der Waals surface area contributed by atoms with Gasteiger partial charge in [0, 0.05) is 18.4 Å². The van der Waals surface area contributed by atoms with E-state index in [4.69, 9.17) is 9.15 Å². The molecule has 0 radical (unpaired) electrons. The second-order valence-electron chi connectivity index (χ2n) is 5.61. The molecule has 22 heavy (non-hydrogen) atoms. The number of halogens is 1. The number of hydrogen-bond donors (Lipinski definition) is 2. The Balaban J connectivity index is 1.80. The Bertz CT molecular complexity index is 692. The highest BCUT2D eigenvalue weighted by Crippen LogP contribution is 2.31. The Morgan fingerprint density at radius 3 is 3.05 bits per heavy atom. The maximum atomic E-state index is 14.4. The Morgan fingerprint density at radius 2 is 2.36 bits per heavy atom. The molecule has 1 aliphatic rings. The van der Waals surface area contributed by atoms with Crippen molar-refractivity contribution in [2.45, 2.75) is 25.1 Å². The number of methoxy groups -OCH3 is 1. The molecule has 0 unspecified atom stereocenters. The van der Waals surface area contributed by atoms with E-state index in [0.29, 0.717) is 23.6 Å². The molecular formula is C16H19FN2O3. The predicted molar refractivity (Wildman–Crippen MR) is 80.6 cm³/mol. The number of fused-ring (bicyclic) bond motifs is 1. The van der Waals surface area contributed by atoms with Crippen LogP contribution in [0.25, 0.3) is 11.0 Å². The van der Waals surface area contributed by atoms with Crippen molar-refractivity contribution in [2.75, 3.05) is 20.2 Å². The van der Waals surface area contributed by atoms with Gasteiger partial charge in [-0.3, -0.25) is 4.79 Å². The molecule has 2 atom stereocenters. The quantitative estimate of drug-likeness (QED) is 0.910. The molecule has 0 saturated carbocycles. The van der Waals surface area contributed by atoms with Gasteiger partial charge in [0.2, 0.25) is 5.67 Å². The summed E-state index contributed by atoms with van der Waals surface area (Å²) in [5.41, 5.74) is -1.21. The number of amides is 1. The molecule has 0 aliphatic carbocycles. The van der Waals surface area contributed by atoms with Crippen LogP contribution in [0.1, 0.15) is 25.1 Å². The van der Waals surface area contributed by atoms with Gasteiger partial charge in [-0.25, -0.2) is 4.39 Å². The van der Waals surface area contributed by atoms with Crippen LogP contribution in [0.5, 0.6) is 5.75 Å². The minimum Gasteiger partial charge on any atom is -0.493 e. The van der Waals surface area contributed by atoms with Crippen LogP contribution in [-0.2, 0) is 4.79 Å². The van der Waals surface area contributed by atoms with Gasteiger partial charge in [-0.1, -0.05) is 12.1 Å². The van der Waals surface area contributed by atoms with Crippen LogP contribution in [0.15, 0.2) is 28.7 Å². The fraction of sp³-hybridized carbons (Fsp3) is 0.438. The van der Waals surface area contributed by atoms with Gasteiger partial charge in [0.05, 0.1) is 13.2 Å². The lowest BCUT2D eigenvalue weighted by molar-refractivity contribution is -0.132. The van der Waals surface area contributed by atoms with Crippen LogP contribution in [0.3, 0.4) is 0 Å². The van der Waals surface area contributed by atoms with Crippen LogP contribution in [0.2, 0.25) is 0 Å². The van der Waals surface area contributed by atoms with Crippen LogP contribution in [0, 0.1) is 0 Å². The van der Waals surface area contributed by atoms with Crippen LogP contribution < -0.4 is 15.4 Å². The third-order valence-electron chi connectivity index (χ3n) is 4.03. The minimum absolute atomic E-state index is 0.0551. The first kappa shape index (κ1) is 14.8. The molecule has 2 aromatic rings. The van der Waals surface area contributed by atoms with Crippen LogP contribution >= 0.6 is 0 Å². The Hall–Kier alpha value is -2.08. The number of rotatable bonds is 4. The smallest absolute Gasteiger partial charge is 0.259 e. The highest BCUT2D eigenvalue weighted by Gasteiger charge is 2.42. The van der Waals surface area contributed by atoms with Gasteiger partial charge in [0.25, 0.3) is 5.91 Å². The number of furan rings is 1. The highest BCUT2D eigenvalue weighted by atomic mass is 19.1. The number of alkyl halides is 1. The van der Waals surface area contributed by atoms with Gasteiger partial charge < -0.3 is 19.8 Å². The van der Waals surface area contributed by atoms with E-state index in [-0.39, 0.29) is 13.0 Å². The van der Waals surface area contributed by atoms with Crippen LogP contribution in [-0.4, -0.2) is 31.8 Å². The minimum atomic E-state index is -1.84. The van der Waals surface area contributed by atoms with Crippen molar-refractivity contribution < 1.29 is 18.3 Å². The predicted octanol–water partition coefficient (Wildman–Crippen LogP) is 2.32. The average Bonchev–Trinajstić information content (AvgIpc) is 3.13. The summed E-state index contributed by atoms with van der Waals surface area (Å²) in [6.07, 6.45) is 0.194. The summed E-state index contributed by atoms with van der Waals surface area (Å²) in [6, 6.07) is 6.99. The lowest BCUT2D eigenvalue weighted by Gasteiger charge is -2.20. The van der Waals surface area contributed by atoms with Gasteiger partial charge in [0.15, 0.2) is 11.3 Å². The second kappa shape index (κ2) is 5.61. The molecule has 3 rings (SSSR count). The van der Waals surface area contributed by atoms with Crippen molar-refractivity contribution in [3.8, 4) is 5.75 Å². The van der Waals surface area contributed by atoms with Crippen molar-refractivity contribution in [1.82, 2.24) is 10.6 Å². The summed E-state index contributed by atoms with van der Waals surface area (Å²) < 4.78 is 25.4. The van der Waals surface area contributed by atoms with Crippen molar-refractivity contribution in [2.24, 2.45) is 0 Å². The molecule has 2 N–H and O–H groups in total. The van der Waals surface area contributed by atoms with E-state index in [1.807, 2.05) is 18.2 Å². The van der Waals surface area contributed by atoms with Gasteiger partial charge in [-0.2, -0.15) is 0 Å². The molecule has 118 valence electrons. The van der Waals surface area contributed by atoms with Gasteiger partial charge in [0.1, 0.15) is 5.76 Å². The van der Waals surface area contributed by atoms with E-state index in [1.54, 1.807) is 20.1 Å². The van der Waals surface area contributed by atoms with E-state index in [9.17, 15) is 9.18 Å². The van der Waals surface area contributed by atoms with E-state index < -0.39 is 17.6 Å². The van der Waals surface area contributed by atoms with Crippen molar-refractivity contribution in [1.29, 1.82) is 0 Å². The Morgan fingerprint density at radius 1 is 1.55 bits per heavy atom. The standard InChI is InChI=1S/C16H19FN2O3/c1-10(19-15(20)16(17)6-7-18-9-16)13-8-11-4-3-5-12(21-2)14(11)22-13/h3-5,8,10,18H,6-7,9H2,1-2H3,(H,19,20)/t10-,16-/m0/s1. The van der Waals surface area contributed by atoms with E-state index in [1.165, 1.54) is 0 Å². The summed E-state index contributed by atoms with van der Waals surface area (Å²) in [5, 5.41) is 6.44. The zero-order chi connectivity index (χ0) is 15.7. The van der Waals surface area contributed by atoms with E-state index in [2.05, 4.69) is 10.6 Å².